The SMILES string of the molecule is Cc1cc(C)c2oc(-c3ccc(C)c(NC(=O)c4cccnc4Cl)c3)nc2c1. The third-order valence-electron chi connectivity index (χ3n) is 4.56. The molecule has 0 aliphatic heterocycles. The van der Waals surface area contributed by atoms with E-state index in [0.717, 1.165) is 33.4 Å². The standard InChI is InChI=1S/C22H18ClN3O2/c1-12-9-14(3)19-18(10-12)26-22(28-19)15-7-6-13(2)17(11-15)25-21(27)16-5-4-8-24-20(16)23/h4-11H,1-3H3,(H,25,27). The van der Waals surface area contributed by atoms with Gasteiger partial charge in [0.1, 0.15) is 10.7 Å². The first-order chi connectivity index (χ1) is 13.4. The predicted octanol–water partition coefficient (Wildman–Crippen LogP) is 5.72. The Bertz CT molecular complexity index is 1210. The fraction of sp³-hybridized carbons (Fsp3) is 0.136. The smallest absolute Gasteiger partial charge is 0.258 e. The average molecular weight is 392 g/mol. The van der Waals surface area contributed by atoms with Gasteiger partial charge < -0.3 is 9.73 Å². The molecule has 0 saturated carbocycles. The summed E-state index contributed by atoms with van der Waals surface area (Å²) in [4.78, 5) is 21.1. The lowest BCUT2D eigenvalue weighted by molar-refractivity contribution is 0.102. The molecule has 0 fully saturated rings. The monoisotopic (exact) mass is 391 g/mol. The van der Waals surface area contributed by atoms with E-state index in [0.29, 0.717) is 17.1 Å². The van der Waals surface area contributed by atoms with E-state index in [2.05, 4.69) is 21.4 Å². The summed E-state index contributed by atoms with van der Waals surface area (Å²) in [6.45, 7) is 5.95. The highest BCUT2D eigenvalue weighted by Crippen LogP contribution is 2.30. The Labute approximate surface area is 167 Å². The fourth-order valence-electron chi connectivity index (χ4n) is 3.13. The highest BCUT2D eigenvalue weighted by Gasteiger charge is 2.15. The van der Waals surface area contributed by atoms with Gasteiger partial charge in [-0.1, -0.05) is 23.7 Å². The van der Waals surface area contributed by atoms with Crippen molar-refractivity contribution in [3.8, 4) is 11.5 Å². The lowest BCUT2D eigenvalue weighted by atomic mass is 10.1. The van der Waals surface area contributed by atoms with Crippen molar-refractivity contribution < 1.29 is 9.21 Å². The van der Waals surface area contributed by atoms with Crippen molar-refractivity contribution in [3.63, 3.8) is 0 Å². The predicted molar refractivity (Wildman–Crippen MR) is 111 cm³/mol. The van der Waals surface area contributed by atoms with Crippen LogP contribution in [0.4, 0.5) is 5.69 Å². The van der Waals surface area contributed by atoms with E-state index in [1.54, 1.807) is 18.3 Å². The zero-order valence-electron chi connectivity index (χ0n) is 15.7. The first kappa shape index (κ1) is 18.2. The Hall–Kier alpha value is -3.18. The topological polar surface area (TPSA) is 68.0 Å². The third-order valence-corrected chi connectivity index (χ3v) is 4.86. The van der Waals surface area contributed by atoms with Crippen molar-refractivity contribution in [1.29, 1.82) is 0 Å². The Morgan fingerprint density at radius 2 is 1.89 bits per heavy atom. The molecular weight excluding hydrogens is 374 g/mol. The number of hydrogen-bond donors (Lipinski definition) is 1. The summed E-state index contributed by atoms with van der Waals surface area (Å²) in [7, 11) is 0. The molecule has 2 aromatic heterocycles. The van der Waals surface area contributed by atoms with Crippen LogP contribution < -0.4 is 5.32 Å². The molecule has 5 nitrogen and oxygen atoms in total. The Morgan fingerprint density at radius 1 is 1.07 bits per heavy atom. The maximum absolute atomic E-state index is 12.6. The largest absolute Gasteiger partial charge is 0.436 e. The van der Waals surface area contributed by atoms with E-state index in [-0.39, 0.29) is 11.1 Å². The molecule has 2 heterocycles. The van der Waals surface area contributed by atoms with Crippen LogP contribution in [0.2, 0.25) is 5.15 Å². The van der Waals surface area contributed by atoms with Gasteiger partial charge in [-0.25, -0.2) is 9.97 Å². The number of halogens is 1. The van der Waals surface area contributed by atoms with Crippen LogP contribution in [0.25, 0.3) is 22.6 Å². The van der Waals surface area contributed by atoms with E-state index < -0.39 is 0 Å². The minimum Gasteiger partial charge on any atom is -0.436 e. The summed E-state index contributed by atoms with van der Waals surface area (Å²) in [6, 6.07) is 13.1. The first-order valence-corrected chi connectivity index (χ1v) is 9.21. The maximum Gasteiger partial charge on any atom is 0.258 e. The zero-order valence-corrected chi connectivity index (χ0v) is 16.5. The van der Waals surface area contributed by atoms with Gasteiger partial charge in [0.05, 0.1) is 5.56 Å². The van der Waals surface area contributed by atoms with Crippen molar-refractivity contribution in [1.82, 2.24) is 9.97 Å². The molecule has 0 spiro atoms. The Morgan fingerprint density at radius 3 is 2.68 bits per heavy atom. The van der Waals surface area contributed by atoms with Crippen molar-refractivity contribution >= 4 is 34.3 Å². The van der Waals surface area contributed by atoms with Crippen molar-refractivity contribution in [2.75, 3.05) is 5.32 Å². The summed E-state index contributed by atoms with van der Waals surface area (Å²) < 4.78 is 5.99. The van der Waals surface area contributed by atoms with Gasteiger partial charge in [0.2, 0.25) is 5.89 Å². The van der Waals surface area contributed by atoms with Crippen LogP contribution in [0.1, 0.15) is 27.0 Å². The molecule has 1 amide bonds. The lowest BCUT2D eigenvalue weighted by Gasteiger charge is -2.10. The second-order valence-electron chi connectivity index (χ2n) is 6.77. The number of nitrogens with zero attached hydrogens (tertiary/aromatic N) is 2. The summed E-state index contributed by atoms with van der Waals surface area (Å²) >= 11 is 6.03. The molecule has 0 radical (unpaired) electrons. The van der Waals surface area contributed by atoms with Crippen molar-refractivity contribution in [2.45, 2.75) is 20.8 Å². The Kier molecular flexibility index (Phi) is 4.61. The van der Waals surface area contributed by atoms with Gasteiger partial charge in [-0.05, 0) is 67.8 Å². The minimum absolute atomic E-state index is 0.165. The van der Waals surface area contributed by atoms with Gasteiger partial charge in [0, 0.05) is 17.4 Å². The summed E-state index contributed by atoms with van der Waals surface area (Å²) in [6.07, 6.45) is 1.54. The third kappa shape index (κ3) is 3.37. The molecule has 6 heteroatoms. The van der Waals surface area contributed by atoms with Crippen LogP contribution in [-0.2, 0) is 0 Å². The highest BCUT2D eigenvalue weighted by molar-refractivity contribution is 6.33. The number of fused-ring (bicyclic) bond motifs is 1. The van der Waals surface area contributed by atoms with Gasteiger partial charge in [0.25, 0.3) is 5.91 Å². The molecular formula is C22H18ClN3O2. The molecule has 140 valence electrons. The Balaban J connectivity index is 1.71. The van der Waals surface area contributed by atoms with Crippen LogP contribution in [0, 0.1) is 20.8 Å². The molecule has 2 aromatic carbocycles. The van der Waals surface area contributed by atoms with Gasteiger partial charge in [-0.2, -0.15) is 0 Å². The average Bonchev–Trinajstić information content (AvgIpc) is 3.08. The number of oxazole rings is 1. The van der Waals surface area contributed by atoms with Crippen LogP contribution >= 0.6 is 11.6 Å². The number of aromatic nitrogens is 2. The number of amides is 1. The lowest BCUT2D eigenvalue weighted by Crippen LogP contribution is -2.13. The van der Waals surface area contributed by atoms with E-state index in [1.807, 2.05) is 45.0 Å². The van der Waals surface area contributed by atoms with E-state index in [9.17, 15) is 4.79 Å². The quantitative estimate of drug-likeness (QED) is 0.453. The maximum atomic E-state index is 12.6. The zero-order chi connectivity index (χ0) is 19.8. The van der Waals surface area contributed by atoms with Gasteiger partial charge in [0.15, 0.2) is 5.58 Å². The molecule has 0 unspecified atom stereocenters. The number of benzene rings is 2. The molecule has 0 aliphatic carbocycles. The number of anilines is 1. The van der Waals surface area contributed by atoms with E-state index in [4.69, 9.17) is 16.0 Å². The van der Waals surface area contributed by atoms with Crippen LogP contribution in [0.15, 0.2) is 53.1 Å². The van der Waals surface area contributed by atoms with Gasteiger partial charge >= 0.3 is 0 Å². The molecule has 0 atom stereocenters. The van der Waals surface area contributed by atoms with Crippen molar-refractivity contribution in [2.24, 2.45) is 0 Å². The van der Waals surface area contributed by atoms with Gasteiger partial charge in [-0.3, -0.25) is 4.79 Å². The number of rotatable bonds is 3. The molecule has 0 bridgehead atoms. The molecule has 0 aliphatic rings. The highest BCUT2D eigenvalue weighted by atomic mass is 35.5. The fourth-order valence-corrected chi connectivity index (χ4v) is 3.34. The molecule has 1 N–H and O–H groups in total. The van der Waals surface area contributed by atoms with Crippen LogP contribution in [-0.4, -0.2) is 15.9 Å². The number of pyridine rings is 1. The number of aryl methyl sites for hydroxylation is 3. The number of carbonyl (C=O) groups excluding carboxylic acids is 1. The number of carbonyl (C=O) groups is 1. The second kappa shape index (κ2) is 7.09. The molecule has 4 aromatic rings. The normalized spacial score (nSPS) is 11.0. The molecule has 28 heavy (non-hydrogen) atoms. The number of hydrogen-bond acceptors (Lipinski definition) is 4. The first-order valence-electron chi connectivity index (χ1n) is 8.83. The van der Waals surface area contributed by atoms with Crippen LogP contribution in [0.3, 0.4) is 0 Å². The van der Waals surface area contributed by atoms with E-state index >= 15 is 0 Å². The van der Waals surface area contributed by atoms with Gasteiger partial charge in [-0.15, -0.1) is 0 Å². The summed E-state index contributed by atoms with van der Waals surface area (Å²) in [5.41, 5.74) is 6.46. The van der Waals surface area contributed by atoms with Crippen LogP contribution in [0.5, 0.6) is 0 Å². The number of nitrogens with one attached hydrogen (secondary N) is 1. The second-order valence-corrected chi connectivity index (χ2v) is 7.13. The minimum atomic E-state index is -0.317. The molecule has 0 saturated heterocycles. The van der Waals surface area contributed by atoms with Crippen molar-refractivity contribution in [3.05, 3.63) is 76.1 Å². The summed E-state index contributed by atoms with van der Waals surface area (Å²) in [5, 5.41) is 3.06. The molecule has 4 rings (SSSR count). The van der Waals surface area contributed by atoms with E-state index in [1.165, 1.54) is 0 Å². The summed E-state index contributed by atoms with van der Waals surface area (Å²) in [5.74, 6) is 0.195.